The topological polar surface area (TPSA) is 30.2 Å². The Labute approximate surface area is 129 Å². The Balaban J connectivity index is 2.08. The molecule has 1 aromatic heterocycles. The monoisotopic (exact) mass is 348 g/mol. The van der Waals surface area contributed by atoms with Crippen molar-refractivity contribution in [2.45, 2.75) is 6.92 Å². The minimum atomic E-state index is -0.155. The zero-order chi connectivity index (χ0) is 14.3. The van der Waals surface area contributed by atoms with Gasteiger partial charge in [-0.3, -0.25) is 4.79 Å². The van der Waals surface area contributed by atoms with Crippen molar-refractivity contribution in [1.29, 1.82) is 0 Å². The molecule has 0 aliphatic heterocycles. The van der Waals surface area contributed by atoms with Crippen LogP contribution in [0.2, 0.25) is 5.02 Å². The molecule has 0 aliphatic rings. The lowest BCUT2D eigenvalue weighted by molar-refractivity contribution is 0.101. The number of furan rings is 1. The van der Waals surface area contributed by atoms with Gasteiger partial charge in [0.15, 0.2) is 5.76 Å². The third-order valence-electron chi connectivity index (χ3n) is 3.15. The Kier molecular flexibility index (Phi) is 3.40. The molecule has 3 aromatic rings. The van der Waals surface area contributed by atoms with E-state index in [0.717, 1.165) is 16.5 Å². The Hall–Kier alpha value is -1.58. The molecule has 0 atom stereocenters. The number of carbonyl (C=O) groups is 1. The van der Waals surface area contributed by atoms with Crippen LogP contribution in [-0.4, -0.2) is 5.78 Å². The third-order valence-corrected chi connectivity index (χ3v) is 4.36. The van der Waals surface area contributed by atoms with Crippen LogP contribution in [0.25, 0.3) is 11.0 Å². The molecule has 3 rings (SSSR count). The fourth-order valence-corrected chi connectivity index (χ4v) is 2.60. The van der Waals surface area contributed by atoms with Gasteiger partial charge in [-0.1, -0.05) is 29.8 Å². The molecule has 0 bridgehead atoms. The van der Waals surface area contributed by atoms with Gasteiger partial charge in [0.1, 0.15) is 5.58 Å². The molecule has 0 amide bonds. The first-order valence-electron chi connectivity index (χ1n) is 6.05. The van der Waals surface area contributed by atoms with Crippen LogP contribution in [0.5, 0.6) is 0 Å². The number of benzene rings is 2. The minimum absolute atomic E-state index is 0.155. The first kappa shape index (κ1) is 13.4. The standard InChI is InChI=1S/C16H10BrClO2/c1-9-3-2-4-11-8-14(20-16(9)11)15(19)10-5-6-13(18)12(17)7-10/h2-8H,1H3. The molecule has 4 heteroatoms. The van der Waals surface area contributed by atoms with E-state index in [2.05, 4.69) is 15.9 Å². The number of carbonyl (C=O) groups excluding carboxylic acids is 1. The molecule has 1 heterocycles. The normalized spacial score (nSPS) is 10.9. The van der Waals surface area contributed by atoms with E-state index in [0.29, 0.717) is 20.8 Å². The van der Waals surface area contributed by atoms with Crippen molar-refractivity contribution in [3.8, 4) is 0 Å². The molecule has 2 nitrogen and oxygen atoms in total. The maximum absolute atomic E-state index is 12.4. The van der Waals surface area contributed by atoms with Crippen molar-refractivity contribution in [1.82, 2.24) is 0 Å². The van der Waals surface area contributed by atoms with Crippen molar-refractivity contribution in [3.05, 3.63) is 68.8 Å². The fraction of sp³-hybridized carbons (Fsp3) is 0.0625. The molecule has 0 saturated carbocycles. The van der Waals surface area contributed by atoms with Gasteiger partial charge in [0.05, 0.1) is 5.02 Å². The van der Waals surface area contributed by atoms with Gasteiger partial charge in [0.2, 0.25) is 5.78 Å². The van der Waals surface area contributed by atoms with Crippen molar-refractivity contribution >= 4 is 44.3 Å². The number of ketones is 1. The van der Waals surface area contributed by atoms with Crippen LogP contribution in [0.4, 0.5) is 0 Å². The summed E-state index contributed by atoms with van der Waals surface area (Å²) < 4.78 is 6.38. The molecule has 0 unspecified atom stereocenters. The number of hydrogen-bond acceptors (Lipinski definition) is 2. The first-order chi connectivity index (χ1) is 9.56. The summed E-state index contributed by atoms with van der Waals surface area (Å²) >= 11 is 9.25. The van der Waals surface area contributed by atoms with Gasteiger partial charge in [-0.05, 0) is 52.7 Å². The average Bonchev–Trinajstić information content (AvgIpc) is 2.86. The largest absolute Gasteiger partial charge is 0.452 e. The minimum Gasteiger partial charge on any atom is -0.452 e. The van der Waals surface area contributed by atoms with Crippen LogP contribution in [0.3, 0.4) is 0 Å². The summed E-state index contributed by atoms with van der Waals surface area (Å²) in [6.07, 6.45) is 0. The smallest absolute Gasteiger partial charge is 0.228 e. The highest BCUT2D eigenvalue weighted by atomic mass is 79.9. The van der Waals surface area contributed by atoms with Crippen LogP contribution in [0, 0.1) is 6.92 Å². The van der Waals surface area contributed by atoms with E-state index < -0.39 is 0 Å². The summed E-state index contributed by atoms with van der Waals surface area (Å²) in [5, 5.41) is 1.50. The summed E-state index contributed by atoms with van der Waals surface area (Å²) in [5.74, 6) is 0.182. The third kappa shape index (κ3) is 2.28. The summed E-state index contributed by atoms with van der Waals surface area (Å²) in [4.78, 5) is 12.4. The molecule has 0 spiro atoms. The number of aryl methyl sites for hydroxylation is 1. The van der Waals surface area contributed by atoms with Crippen molar-refractivity contribution < 1.29 is 9.21 Å². The highest BCUT2D eigenvalue weighted by molar-refractivity contribution is 9.10. The van der Waals surface area contributed by atoms with Gasteiger partial charge in [-0.25, -0.2) is 0 Å². The Morgan fingerprint density at radius 3 is 2.70 bits per heavy atom. The summed E-state index contributed by atoms with van der Waals surface area (Å²) in [6, 6.07) is 12.7. The van der Waals surface area contributed by atoms with E-state index >= 15 is 0 Å². The molecule has 0 N–H and O–H groups in total. The number of fused-ring (bicyclic) bond motifs is 1. The summed E-state index contributed by atoms with van der Waals surface area (Å²) in [5.41, 5.74) is 2.31. The lowest BCUT2D eigenvalue weighted by Gasteiger charge is -2.00. The summed E-state index contributed by atoms with van der Waals surface area (Å²) in [6.45, 7) is 1.96. The maximum atomic E-state index is 12.4. The van der Waals surface area contributed by atoms with Gasteiger partial charge >= 0.3 is 0 Å². The van der Waals surface area contributed by atoms with E-state index in [-0.39, 0.29) is 5.78 Å². The van der Waals surface area contributed by atoms with Crippen LogP contribution in [0.1, 0.15) is 21.7 Å². The molecular weight excluding hydrogens is 340 g/mol. The molecular formula is C16H10BrClO2. The van der Waals surface area contributed by atoms with Gasteiger partial charge in [0, 0.05) is 15.4 Å². The van der Waals surface area contributed by atoms with E-state index in [4.69, 9.17) is 16.0 Å². The van der Waals surface area contributed by atoms with E-state index in [1.54, 1.807) is 24.3 Å². The lowest BCUT2D eigenvalue weighted by Crippen LogP contribution is -1.99. The number of rotatable bonds is 2. The van der Waals surface area contributed by atoms with Gasteiger partial charge in [-0.2, -0.15) is 0 Å². The molecule has 2 aromatic carbocycles. The number of halogens is 2. The van der Waals surface area contributed by atoms with Crippen molar-refractivity contribution in [2.75, 3.05) is 0 Å². The highest BCUT2D eigenvalue weighted by Crippen LogP contribution is 2.27. The van der Waals surface area contributed by atoms with Crippen molar-refractivity contribution in [2.24, 2.45) is 0 Å². The number of hydrogen-bond donors (Lipinski definition) is 0. The SMILES string of the molecule is Cc1cccc2cc(C(=O)c3ccc(Cl)c(Br)c3)oc12. The van der Waals surface area contributed by atoms with Crippen LogP contribution in [-0.2, 0) is 0 Å². The highest BCUT2D eigenvalue weighted by Gasteiger charge is 2.16. The Bertz CT molecular complexity index is 820. The van der Waals surface area contributed by atoms with Gasteiger partial charge in [-0.15, -0.1) is 0 Å². The van der Waals surface area contributed by atoms with Gasteiger partial charge in [0.25, 0.3) is 0 Å². The zero-order valence-corrected chi connectivity index (χ0v) is 13.0. The van der Waals surface area contributed by atoms with E-state index in [9.17, 15) is 4.79 Å². The van der Waals surface area contributed by atoms with Crippen LogP contribution in [0.15, 0.2) is 51.4 Å². The van der Waals surface area contributed by atoms with Crippen LogP contribution >= 0.6 is 27.5 Å². The first-order valence-corrected chi connectivity index (χ1v) is 7.22. The molecule has 0 radical (unpaired) electrons. The quantitative estimate of drug-likeness (QED) is 0.581. The predicted octanol–water partition coefficient (Wildman–Crippen LogP) is 5.39. The Morgan fingerprint density at radius 2 is 2.00 bits per heavy atom. The molecule has 0 fully saturated rings. The average molecular weight is 350 g/mol. The lowest BCUT2D eigenvalue weighted by atomic mass is 10.1. The predicted molar refractivity (Wildman–Crippen MR) is 83.5 cm³/mol. The Morgan fingerprint density at radius 1 is 1.20 bits per heavy atom. The van der Waals surface area contributed by atoms with Crippen LogP contribution < -0.4 is 0 Å². The van der Waals surface area contributed by atoms with Crippen molar-refractivity contribution in [3.63, 3.8) is 0 Å². The maximum Gasteiger partial charge on any atom is 0.228 e. The van der Waals surface area contributed by atoms with Gasteiger partial charge < -0.3 is 4.42 Å². The molecule has 100 valence electrons. The molecule has 0 saturated heterocycles. The van der Waals surface area contributed by atoms with E-state index in [1.807, 2.05) is 25.1 Å². The summed E-state index contributed by atoms with van der Waals surface area (Å²) in [7, 11) is 0. The second-order valence-electron chi connectivity index (χ2n) is 4.56. The molecule has 20 heavy (non-hydrogen) atoms. The van der Waals surface area contributed by atoms with E-state index in [1.165, 1.54) is 0 Å². The zero-order valence-electron chi connectivity index (χ0n) is 10.6. The fourth-order valence-electron chi connectivity index (χ4n) is 2.10. The molecule has 0 aliphatic carbocycles. The number of para-hydroxylation sites is 1. The second-order valence-corrected chi connectivity index (χ2v) is 5.82. The second kappa shape index (κ2) is 5.08.